The van der Waals surface area contributed by atoms with Crippen LogP contribution in [0.15, 0.2) is 83.8 Å². The monoisotopic (exact) mass is 454 g/mol. The first-order valence-electron chi connectivity index (χ1n) is 10.7. The fourth-order valence-corrected chi connectivity index (χ4v) is 3.69. The molecule has 170 valence electrons. The van der Waals surface area contributed by atoms with Gasteiger partial charge in [0.1, 0.15) is 5.56 Å². The molecule has 4 rings (SSSR count). The Kier molecular flexibility index (Phi) is 6.36. The van der Waals surface area contributed by atoms with Crippen LogP contribution in [0.1, 0.15) is 33.2 Å². The van der Waals surface area contributed by atoms with Crippen LogP contribution in [0.25, 0.3) is 22.0 Å². The van der Waals surface area contributed by atoms with Crippen LogP contribution >= 0.6 is 0 Å². The van der Waals surface area contributed by atoms with E-state index in [4.69, 9.17) is 5.11 Å². The molecule has 1 atom stereocenters. The number of rotatable bonds is 7. The zero-order chi connectivity index (χ0) is 24.2. The van der Waals surface area contributed by atoms with E-state index in [1.54, 1.807) is 31.2 Å². The van der Waals surface area contributed by atoms with Gasteiger partial charge in [0.2, 0.25) is 5.43 Å². The van der Waals surface area contributed by atoms with Gasteiger partial charge in [-0.3, -0.25) is 14.4 Å². The van der Waals surface area contributed by atoms with E-state index in [9.17, 15) is 19.2 Å². The van der Waals surface area contributed by atoms with Gasteiger partial charge in [-0.2, -0.15) is 0 Å². The Labute approximate surface area is 195 Å². The number of nitrogens with one attached hydrogen (secondary N) is 2. The summed E-state index contributed by atoms with van der Waals surface area (Å²) >= 11 is 0. The van der Waals surface area contributed by atoms with Crippen molar-refractivity contribution in [3.8, 4) is 11.1 Å². The SMILES string of the molecule is C[C@H](NC(=O)c1ccc(-c2ccccc2)cc1)C(=O)Cc1ccc2[nH]cc(C(=O)O)c(=O)c2c1. The number of carbonyl (C=O) groups excluding carboxylic acids is 2. The van der Waals surface area contributed by atoms with E-state index in [1.807, 2.05) is 42.5 Å². The summed E-state index contributed by atoms with van der Waals surface area (Å²) in [5.41, 5.74) is 2.52. The van der Waals surface area contributed by atoms with Crippen LogP contribution in [0.2, 0.25) is 0 Å². The van der Waals surface area contributed by atoms with Gasteiger partial charge in [-0.15, -0.1) is 0 Å². The lowest BCUT2D eigenvalue weighted by atomic mass is 10.0. The van der Waals surface area contributed by atoms with E-state index in [2.05, 4.69) is 10.3 Å². The fraction of sp³-hybridized carbons (Fsp3) is 0.111. The second kappa shape index (κ2) is 9.54. The Morgan fingerprint density at radius 3 is 2.29 bits per heavy atom. The van der Waals surface area contributed by atoms with Gasteiger partial charge in [-0.1, -0.05) is 48.5 Å². The van der Waals surface area contributed by atoms with E-state index in [-0.39, 0.29) is 29.1 Å². The summed E-state index contributed by atoms with van der Waals surface area (Å²) in [5, 5.41) is 12.1. The Morgan fingerprint density at radius 1 is 0.941 bits per heavy atom. The van der Waals surface area contributed by atoms with Crippen LogP contribution in [-0.4, -0.2) is 33.8 Å². The van der Waals surface area contributed by atoms with Crippen molar-refractivity contribution in [2.45, 2.75) is 19.4 Å². The zero-order valence-electron chi connectivity index (χ0n) is 18.4. The lowest BCUT2D eigenvalue weighted by molar-refractivity contribution is -0.119. The van der Waals surface area contributed by atoms with Crippen LogP contribution in [0.3, 0.4) is 0 Å². The molecular weight excluding hydrogens is 432 g/mol. The molecule has 34 heavy (non-hydrogen) atoms. The van der Waals surface area contributed by atoms with Crippen molar-refractivity contribution in [3.63, 3.8) is 0 Å². The first-order valence-corrected chi connectivity index (χ1v) is 10.7. The molecule has 0 unspecified atom stereocenters. The van der Waals surface area contributed by atoms with E-state index < -0.39 is 17.4 Å². The van der Waals surface area contributed by atoms with Crippen LogP contribution < -0.4 is 10.7 Å². The molecule has 0 aliphatic rings. The second-order valence-electron chi connectivity index (χ2n) is 8.00. The quantitative estimate of drug-likeness (QED) is 0.393. The zero-order valence-corrected chi connectivity index (χ0v) is 18.4. The molecule has 0 saturated carbocycles. The highest BCUT2D eigenvalue weighted by Gasteiger charge is 2.18. The minimum Gasteiger partial charge on any atom is -0.477 e. The Hall–Kier alpha value is -4.52. The highest BCUT2D eigenvalue weighted by Crippen LogP contribution is 2.19. The topological polar surface area (TPSA) is 116 Å². The Morgan fingerprint density at radius 2 is 1.62 bits per heavy atom. The van der Waals surface area contributed by atoms with Gasteiger partial charge in [0.15, 0.2) is 5.78 Å². The van der Waals surface area contributed by atoms with Crippen LogP contribution in [0.5, 0.6) is 0 Å². The molecule has 0 aliphatic heterocycles. The lowest BCUT2D eigenvalue weighted by Gasteiger charge is -2.14. The number of benzene rings is 3. The molecular formula is C27H22N2O5. The molecule has 0 radical (unpaired) electrons. The van der Waals surface area contributed by atoms with Crippen molar-refractivity contribution in [2.75, 3.05) is 0 Å². The van der Waals surface area contributed by atoms with Gasteiger partial charge in [-0.05, 0) is 47.9 Å². The van der Waals surface area contributed by atoms with E-state index in [0.29, 0.717) is 16.6 Å². The number of aromatic amines is 1. The number of carbonyl (C=O) groups is 3. The summed E-state index contributed by atoms with van der Waals surface area (Å²) < 4.78 is 0. The molecule has 3 aromatic carbocycles. The maximum Gasteiger partial charge on any atom is 0.341 e. The molecule has 1 amide bonds. The highest BCUT2D eigenvalue weighted by atomic mass is 16.4. The highest BCUT2D eigenvalue weighted by molar-refractivity contribution is 5.99. The van der Waals surface area contributed by atoms with Crippen molar-refractivity contribution >= 4 is 28.6 Å². The number of hydrogen-bond donors (Lipinski definition) is 3. The summed E-state index contributed by atoms with van der Waals surface area (Å²) in [6.45, 7) is 1.61. The molecule has 0 bridgehead atoms. The molecule has 1 aromatic heterocycles. The van der Waals surface area contributed by atoms with Gasteiger partial charge >= 0.3 is 5.97 Å². The molecule has 0 fully saturated rings. The molecule has 0 saturated heterocycles. The molecule has 7 heteroatoms. The number of aromatic nitrogens is 1. The minimum atomic E-state index is -1.32. The van der Waals surface area contributed by atoms with E-state index in [0.717, 1.165) is 17.3 Å². The number of hydrogen-bond acceptors (Lipinski definition) is 4. The number of H-pyrrole nitrogens is 1. The van der Waals surface area contributed by atoms with Crippen molar-refractivity contribution in [1.82, 2.24) is 10.3 Å². The lowest BCUT2D eigenvalue weighted by Crippen LogP contribution is -2.39. The first-order chi connectivity index (χ1) is 16.3. The molecule has 1 heterocycles. The first kappa shape index (κ1) is 22.7. The average molecular weight is 454 g/mol. The van der Waals surface area contributed by atoms with E-state index in [1.165, 1.54) is 6.07 Å². The number of pyridine rings is 1. The van der Waals surface area contributed by atoms with Crippen molar-refractivity contribution < 1.29 is 19.5 Å². The largest absolute Gasteiger partial charge is 0.477 e. The Balaban J connectivity index is 1.44. The number of amides is 1. The van der Waals surface area contributed by atoms with Crippen LogP contribution in [0, 0.1) is 0 Å². The summed E-state index contributed by atoms with van der Waals surface area (Å²) in [6.07, 6.45) is 1.14. The van der Waals surface area contributed by atoms with Gasteiger partial charge in [-0.25, -0.2) is 4.79 Å². The van der Waals surface area contributed by atoms with Gasteiger partial charge in [0, 0.05) is 29.1 Å². The van der Waals surface area contributed by atoms with Gasteiger partial charge < -0.3 is 15.4 Å². The number of Topliss-reactive ketones (excluding diaryl/α,β-unsaturated/α-hetero) is 1. The van der Waals surface area contributed by atoms with Crippen molar-refractivity contribution in [1.29, 1.82) is 0 Å². The average Bonchev–Trinajstić information content (AvgIpc) is 2.85. The summed E-state index contributed by atoms with van der Waals surface area (Å²) in [7, 11) is 0. The predicted octanol–water partition coefficient (Wildman–Crippen LogP) is 3.82. The maximum atomic E-state index is 12.7. The number of carboxylic acid groups (broad SMARTS) is 1. The molecule has 0 aliphatic carbocycles. The number of ketones is 1. The van der Waals surface area contributed by atoms with Crippen LogP contribution in [0.4, 0.5) is 0 Å². The molecule has 7 nitrogen and oxygen atoms in total. The standard InChI is InChI=1S/C27H22N2O5/c1-16(29-26(32)20-10-8-19(9-11-20)18-5-3-2-4-6-18)24(30)14-17-7-12-23-21(13-17)25(31)22(15-28-23)27(33)34/h2-13,15-16H,14H2,1H3,(H,28,31)(H,29,32)(H,33,34)/t16-/m0/s1. The van der Waals surface area contributed by atoms with Crippen molar-refractivity contribution in [2.24, 2.45) is 0 Å². The van der Waals surface area contributed by atoms with Gasteiger partial charge in [0.25, 0.3) is 5.91 Å². The molecule has 3 N–H and O–H groups in total. The molecule has 0 spiro atoms. The maximum absolute atomic E-state index is 12.7. The Bertz CT molecular complexity index is 1440. The smallest absolute Gasteiger partial charge is 0.341 e. The van der Waals surface area contributed by atoms with Gasteiger partial charge in [0.05, 0.1) is 6.04 Å². The molecule has 4 aromatic rings. The van der Waals surface area contributed by atoms with E-state index >= 15 is 0 Å². The third-order valence-corrected chi connectivity index (χ3v) is 5.64. The van der Waals surface area contributed by atoms with Crippen molar-refractivity contribution in [3.05, 3.63) is 106 Å². The summed E-state index contributed by atoms with van der Waals surface area (Å²) in [4.78, 5) is 51.7. The van der Waals surface area contributed by atoms with Crippen LogP contribution in [-0.2, 0) is 11.2 Å². The number of aromatic carboxylic acids is 1. The third-order valence-electron chi connectivity index (χ3n) is 5.64. The summed E-state index contributed by atoms with van der Waals surface area (Å²) in [5.74, 6) is -1.92. The number of carboxylic acids is 1. The normalized spacial score (nSPS) is 11.7. The fourth-order valence-electron chi connectivity index (χ4n) is 3.69. The number of fused-ring (bicyclic) bond motifs is 1. The second-order valence-corrected chi connectivity index (χ2v) is 8.00. The minimum absolute atomic E-state index is 0.0128. The third kappa shape index (κ3) is 4.78. The summed E-state index contributed by atoms with van der Waals surface area (Å²) in [6, 6.07) is 21.0. The predicted molar refractivity (Wildman–Crippen MR) is 129 cm³/mol.